The van der Waals surface area contributed by atoms with Crippen molar-refractivity contribution in [1.29, 1.82) is 0 Å². The van der Waals surface area contributed by atoms with E-state index >= 15 is 0 Å². The Kier molecular flexibility index (Phi) is 4.71. The zero-order valence-corrected chi connectivity index (χ0v) is 15.3. The minimum atomic E-state index is -3.46. The molecule has 0 bridgehead atoms. The van der Waals surface area contributed by atoms with Crippen LogP contribution in [0.1, 0.15) is 44.6 Å². The molecule has 2 heterocycles. The van der Waals surface area contributed by atoms with Crippen molar-refractivity contribution in [3.63, 3.8) is 0 Å². The monoisotopic (exact) mass is 350 g/mol. The van der Waals surface area contributed by atoms with E-state index in [-0.39, 0.29) is 11.4 Å². The fourth-order valence-electron chi connectivity index (χ4n) is 4.23. The van der Waals surface area contributed by atoms with Crippen LogP contribution in [0.15, 0.2) is 29.2 Å². The maximum Gasteiger partial charge on any atom is 0.243 e. The molecule has 1 aromatic carbocycles. The molecule has 2 fully saturated rings. The van der Waals surface area contributed by atoms with Crippen molar-refractivity contribution in [2.24, 2.45) is 0 Å². The zero-order chi connectivity index (χ0) is 17.4. The van der Waals surface area contributed by atoms with Gasteiger partial charge >= 0.3 is 0 Å². The van der Waals surface area contributed by atoms with Crippen LogP contribution in [0.4, 0.5) is 0 Å². The molecule has 5 nitrogen and oxygen atoms in total. The molecule has 3 rings (SSSR count). The van der Waals surface area contributed by atoms with Crippen LogP contribution in [-0.4, -0.2) is 48.7 Å². The lowest BCUT2D eigenvalue weighted by Gasteiger charge is -2.37. The molecule has 2 aliphatic rings. The summed E-state index contributed by atoms with van der Waals surface area (Å²) in [5.41, 5.74) is 0.809. The van der Waals surface area contributed by atoms with Gasteiger partial charge in [0, 0.05) is 31.6 Å². The van der Waals surface area contributed by atoms with Gasteiger partial charge in [-0.25, -0.2) is 8.42 Å². The predicted octanol–water partition coefficient (Wildman–Crippen LogP) is 2.55. The summed E-state index contributed by atoms with van der Waals surface area (Å²) >= 11 is 0. The van der Waals surface area contributed by atoms with E-state index in [0.29, 0.717) is 31.0 Å². The first-order chi connectivity index (χ1) is 11.4. The number of benzene rings is 1. The third kappa shape index (κ3) is 2.97. The van der Waals surface area contributed by atoms with Gasteiger partial charge in [0.2, 0.25) is 15.9 Å². The van der Waals surface area contributed by atoms with Gasteiger partial charge in [-0.3, -0.25) is 4.79 Å². The lowest BCUT2D eigenvalue weighted by atomic mass is 9.88. The average molecular weight is 350 g/mol. The van der Waals surface area contributed by atoms with Crippen molar-refractivity contribution < 1.29 is 13.2 Å². The molecule has 1 atom stereocenters. The maximum absolute atomic E-state index is 13.0. The van der Waals surface area contributed by atoms with Crippen LogP contribution >= 0.6 is 0 Å². The van der Waals surface area contributed by atoms with Crippen LogP contribution in [0, 0.1) is 6.92 Å². The Hall–Kier alpha value is -1.40. The average Bonchev–Trinajstić information content (AvgIpc) is 2.72. The van der Waals surface area contributed by atoms with E-state index in [4.69, 9.17) is 0 Å². The summed E-state index contributed by atoms with van der Waals surface area (Å²) in [6.07, 6.45) is 3.88. The van der Waals surface area contributed by atoms with E-state index in [2.05, 4.69) is 0 Å². The van der Waals surface area contributed by atoms with Crippen molar-refractivity contribution in [1.82, 2.24) is 9.21 Å². The Morgan fingerprint density at radius 2 is 1.96 bits per heavy atom. The Balaban J connectivity index is 1.82. The van der Waals surface area contributed by atoms with Crippen molar-refractivity contribution in [3.8, 4) is 0 Å². The van der Waals surface area contributed by atoms with Gasteiger partial charge in [0.25, 0.3) is 0 Å². The van der Waals surface area contributed by atoms with Gasteiger partial charge in [0.05, 0.1) is 4.90 Å². The summed E-state index contributed by atoms with van der Waals surface area (Å²) in [6.45, 7) is 5.64. The fraction of sp³-hybridized carbons (Fsp3) is 0.611. The molecule has 132 valence electrons. The Labute approximate surface area is 144 Å². The number of amides is 1. The van der Waals surface area contributed by atoms with E-state index in [1.807, 2.05) is 24.8 Å². The molecule has 1 spiro atoms. The Morgan fingerprint density at radius 1 is 1.17 bits per heavy atom. The van der Waals surface area contributed by atoms with E-state index in [9.17, 15) is 13.2 Å². The minimum absolute atomic E-state index is 0.136. The molecule has 0 aromatic heterocycles. The molecule has 0 aliphatic carbocycles. The first-order valence-corrected chi connectivity index (χ1v) is 10.2. The smallest absolute Gasteiger partial charge is 0.243 e. The zero-order valence-electron chi connectivity index (χ0n) is 14.5. The van der Waals surface area contributed by atoms with Gasteiger partial charge in [0.1, 0.15) is 0 Å². The predicted molar refractivity (Wildman–Crippen MR) is 93.1 cm³/mol. The van der Waals surface area contributed by atoms with Crippen molar-refractivity contribution in [2.75, 3.05) is 19.6 Å². The Morgan fingerprint density at radius 3 is 2.67 bits per heavy atom. The largest absolute Gasteiger partial charge is 0.337 e. The van der Waals surface area contributed by atoms with Crippen LogP contribution in [0.25, 0.3) is 0 Å². The maximum atomic E-state index is 13.0. The number of aryl methyl sites for hydroxylation is 1. The van der Waals surface area contributed by atoms with Crippen LogP contribution < -0.4 is 0 Å². The highest BCUT2D eigenvalue weighted by Gasteiger charge is 2.45. The number of rotatable bonds is 3. The van der Waals surface area contributed by atoms with Gasteiger partial charge in [-0.1, -0.05) is 12.1 Å². The van der Waals surface area contributed by atoms with Gasteiger partial charge in [0.15, 0.2) is 0 Å². The third-order valence-electron chi connectivity index (χ3n) is 5.50. The molecule has 0 N–H and O–H groups in total. The van der Waals surface area contributed by atoms with Crippen molar-refractivity contribution in [3.05, 3.63) is 29.8 Å². The number of sulfonamides is 1. The molecule has 6 heteroatoms. The van der Waals surface area contributed by atoms with E-state index in [0.717, 1.165) is 31.2 Å². The van der Waals surface area contributed by atoms with E-state index in [1.165, 1.54) is 0 Å². The molecule has 0 radical (unpaired) electrons. The highest BCUT2D eigenvalue weighted by atomic mass is 32.2. The van der Waals surface area contributed by atoms with Crippen molar-refractivity contribution >= 4 is 15.9 Å². The first-order valence-electron chi connectivity index (χ1n) is 8.76. The first kappa shape index (κ1) is 17.4. The summed E-state index contributed by atoms with van der Waals surface area (Å²) < 4.78 is 27.5. The van der Waals surface area contributed by atoms with E-state index in [1.54, 1.807) is 22.5 Å². The molecule has 0 unspecified atom stereocenters. The third-order valence-corrected chi connectivity index (χ3v) is 7.39. The number of likely N-dealkylation sites (tertiary alicyclic amines) is 1. The number of carbonyl (C=O) groups is 1. The van der Waals surface area contributed by atoms with Crippen LogP contribution in [0.2, 0.25) is 0 Å². The lowest BCUT2D eigenvalue weighted by Crippen LogP contribution is -2.46. The molecule has 1 amide bonds. The summed E-state index contributed by atoms with van der Waals surface area (Å²) in [6, 6.07) is 7.09. The summed E-state index contributed by atoms with van der Waals surface area (Å²) in [5, 5.41) is 0. The quantitative estimate of drug-likeness (QED) is 0.842. The molecule has 2 aliphatic heterocycles. The normalized spacial score (nSPS) is 26.1. The van der Waals surface area contributed by atoms with Gasteiger partial charge < -0.3 is 4.90 Å². The second-order valence-corrected chi connectivity index (χ2v) is 8.87. The molecule has 24 heavy (non-hydrogen) atoms. The van der Waals surface area contributed by atoms with E-state index < -0.39 is 10.0 Å². The van der Waals surface area contributed by atoms with Gasteiger partial charge in [-0.05, 0) is 57.2 Å². The summed E-state index contributed by atoms with van der Waals surface area (Å²) in [4.78, 5) is 14.5. The second-order valence-electron chi connectivity index (χ2n) is 6.94. The minimum Gasteiger partial charge on any atom is -0.337 e. The SMILES string of the molecule is CCN1C(=O)CC[C@@]12CCCN(S(=O)(=O)c1cccc(C)c1)CC2. The van der Waals surface area contributed by atoms with Gasteiger partial charge in [-0.2, -0.15) is 4.31 Å². The second kappa shape index (κ2) is 6.48. The number of carbonyl (C=O) groups excluding carboxylic acids is 1. The number of hydrogen-bond donors (Lipinski definition) is 0. The van der Waals surface area contributed by atoms with Crippen LogP contribution in [-0.2, 0) is 14.8 Å². The molecule has 1 aromatic rings. The standard InChI is InChI=1S/C18H26N2O3S/c1-3-20-17(21)8-10-18(20)9-5-12-19(13-11-18)24(22,23)16-7-4-6-15(2)14-16/h4,6-7,14H,3,5,8-13H2,1-2H3/t18-/m1/s1. The highest BCUT2D eigenvalue weighted by Crippen LogP contribution is 2.39. The molecule has 2 saturated heterocycles. The van der Waals surface area contributed by atoms with Crippen LogP contribution in [0.3, 0.4) is 0 Å². The van der Waals surface area contributed by atoms with Crippen molar-refractivity contribution in [2.45, 2.75) is 56.4 Å². The molecular weight excluding hydrogens is 324 g/mol. The fourth-order valence-corrected chi connectivity index (χ4v) is 5.81. The summed E-state index contributed by atoms with van der Waals surface area (Å²) in [7, 11) is -3.46. The van der Waals surface area contributed by atoms with Crippen LogP contribution in [0.5, 0.6) is 0 Å². The van der Waals surface area contributed by atoms with Gasteiger partial charge in [-0.15, -0.1) is 0 Å². The summed E-state index contributed by atoms with van der Waals surface area (Å²) in [5.74, 6) is 0.215. The Bertz CT molecular complexity index is 732. The highest BCUT2D eigenvalue weighted by molar-refractivity contribution is 7.89. The topological polar surface area (TPSA) is 57.7 Å². The molecular formula is C18H26N2O3S. The molecule has 0 saturated carbocycles. The lowest BCUT2D eigenvalue weighted by molar-refractivity contribution is -0.131. The number of hydrogen-bond acceptors (Lipinski definition) is 3. The number of nitrogens with zero attached hydrogens (tertiary/aromatic N) is 2.